The average molecular weight is 512 g/mol. The molecule has 3 aromatic rings. The number of nitrogens with zero attached hydrogens (tertiary/aromatic N) is 3. The summed E-state index contributed by atoms with van der Waals surface area (Å²) in [5.41, 5.74) is 3.56. The van der Waals surface area contributed by atoms with Crippen LogP contribution in [0.5, 0.6) is 5.75 Å². The molecule has 0 saturated heterocycles. The molecule has 0 spiro atoms. The molecule has 1 aromatic heterocycles. The van der Waals surface area contributed by atoms with E-state index in [1.807, 2.05) is 43.3 Å². The molecule has 36 heavy (non-hydrogen) atoms. The molecule has 0 aliphatic carbocycles. The van der Waals surface area contributed by atoms with Gasteiger partial charge < -0.3 is 25.2 Å². The van der Waals surface area contributed by atoms with E-state index < -0.39 is 12.3 Å². The highest BCUT2D eigenvalue weighted by atomic mass is 35.5. The van der Waals surface area contributed by atoms with Crippen LogP contribution in [0.1, 0.15) is 41.4 Å². The second-order valence-electron chi connectivity index (χ2n) is 8.86. The van der Waals surface area contributed by atoms with E-state index in [2.05, 4.69) is 20.6 Å². The van der Waals surface area contributed by atoms with Gasteiger partial charge in [0, 0.05) is 30.3 Å². The SMILES string of the molecule is COc1cccc([C@@H](C)NC(O)CN2Cc3ccc(-c4nc(NCC(C)O)ncc4Cl)cc3C2=O)c1. The maximum Gasteiger partial charge on any atom is 0.254 e. The number of nitrogens with one attached hydrogen (secondary N) is 2. The van der Waals surface area contributed by atoms with Crippen molar-refractivity contribution in [3.05, 3.63) is 70.4 Å². The first-order chi connectivity index (χ1) is 17.2. The number of hydrogen-bond donors (Lipinski definition) is 4. The predicted molar refractivity (Wildman–Crippen MR) is 138 cm³/mol. The number of carbonyl (C=O) groups is 1. The summed E-state index contributed by atoms with van der Waals surface area (Å²) in [4.78, 5) is 23.4. The van der Waals surface area contributed by atoms with Crippen LogP contribution in [0.4, 0.5) is 5.95 Å². The van der Waals surface area contributed by atoms with Gasteiger partial charge in [0.05, 0.1) is 36.7 Å². The lowest BCUT2D eigenvalue weighted by Gasteiger charge is -2.24. The van der Waals surface area contributed by atoms with Crippen LogP contribution in [0, 0.1) is 0 Å². The average Bonchev–Trinajstić information content (AvgIpc) is 3.17. The van der Waals surface area contributed by atoms with Crippen molar-refractivity contribution in [2.75, 3.05) is 25.5 Å². The second-order valence-corrected chi connectivity index (χ2v) is 9.27. The number of aliphatic hydroxyl groups is 2. The first-order valence-corrected chi connectivity index (χ1v) is 12.1. The third-order valence-electron chi connectivity index (χ3n) is 5.99. The molecular formula is C26H30ClN5O4. The van der Waals surface area contributed by atoms with E-state index >= 15 is 0 Å². The topological polar surface area (TPSA) is 120 Å². The van der Waals surface area contributed by atoms with Gasteiger partial charge in [0.15, 0.2) is 0 Å². The lowest BCUT2D eigenvalue weighted by atomic mass is 10.0. The van der Waals surface area contributed by atoms with Crippen LogP contribution >= 0.6 is 11.6 Å². The van der Waals surface area contributed by atoms with Crippen molar-refractivity contribution >= 4 is 23.5 Å². The van der Waals surface area contributed by atoms with Gasteiger partial charge in [-0.1, -0.05) is 35.9 Å². The van der Waals surface area contributed by atoms with Gasteiger partial charge in [-0.15, -0.1) is 0 Å². The Morgan fingerprint density at radius 1 is 1.19 bits per heavy atom. The van der Waals surface area contributed by atoms with E-state index in [-0.39, 0.29) is 18.5 Å². The standard InChI is InChI=1S/C26H30ClN5O4/c1-15(33)11-28-26-29-12-22(27)24(31-26)18-7-8-19-13-32(25(35)21(19)10-18)14-23(34)30-16(2)17-5-4-6-20(9-17)36-3/h4-10,12,15-16,23,30,33-34H,11,13-14H2,1-3H3,(H,28,29,31)/t15?,16-,23?/m1/s1. The molecule has 0 saturated carbocycles. The number of hydrogen-bond acceptors (Lipinski definition) is 8. The van der Waals surface area contributed by atoms with Crippen molar-refractivity contribution in [1.29, 1.82) is 0 Å². The maximum atomic E-state index is 13.1. The van der Waals surface area contributed by atoms with Crippen molar-refractivity contribution in [3.63, 3.8) is 0 Å². The number of fused-ring (bicyclic) bond motifs is 1. The zero-order chi connectivity index (χ0) is 25.8. The van der Waals surface area contributed by atoms with E-state index in [0.717, 1.165) is 16.9 Å². The minimum atomic E-state index is -0.914. The van der Waals surface area contributed by atoms with Crippen LogP contribution in [-0.4, -0.2) is 63.5 Å². The van der Waals surface area contributed by atoms with E-state index in [4.69, 9.17) is 16.3 Å². The first kappa shape index (κ1) is 25.8. The fraction of sp³-hybridized carbons (Fsp3) is 0.346. The summed E-state index contributed by atoms with van der Waals surface area (Å²) >= 11 is 6.35. The van der Waals surface area contributed by atoms with Gasteiger partial charge in [-0.2, -0.15) is 0 Å². The Morgan fingerprint density at radius 3 is 2.75 bits per heavy atom. The molecule has 2 unspecified atom stereocenters. The number of halogens is 1. The number of amides is 1. The van der Waals surface area contributed by atoms with E-state index in [1.165, 1.54) is 6.20 Å². The highest BCUT2D eigenvalue weighted by Gasteiger charge is 2.30. The molecule has 0 radical (unpaired) electrons. The van der Waals surface area contributed by atoms with E-state index in [1.54, 1.807) is 25.0 Å². The molecule has 1 amide bonds. The Hall–Kier alpha value is -3.24. The van der Waals surface area contributed by atoms with Gasteiger partial charge in [-0.25, -0.2) is 9.97 Å². The Kier molecular flexibility index (Phi) is 8.05. The fourth-order valence-electron chi connectivity index (χ4n) is 4.11. The van der Waals surface area contributed by atoms with Crippen LogP contribution in [0.3, 0.4) is 0 Å². The molecule has 1 aliphatic rings. The summed E-state index contributed by atoms with van der Waals surface area (Å²) in [5, 5.41) is 26.6. The third kappa shape index (κ3) is 5.93. The number of methoxy groups -OCH3 is 1. The summed E-state index contributed by atoms with van der Waals surface area (Å²) in [6.45, 7) is 4.44. The van der Waals surface area contributed by atoms with Crippen molar-refractivity contribution in [2.24, 2.45) is 0 Å². The van der Waals surface area contributed by atoms with Gasteiger partial charge in [0.25, 0.3) is 5.91 Å². The molecule has 10 heteroatoms. The molecule has 2 aromatic carbocycles. The zero-order valence-electron chi connectivity index (χ0n) is 20.4. The number of rotatable bonds is 10. The molecular weight excluding hydrogens is 482 g/mol. The minimum Gasteiger partial charge on any atom is -0.497 e. The summed E-state index contributed by atoms with van der Waals surface area (Å²) in [7, 11) is 1.61. The largest absolute Gasteiger partial charge is 0.497 e. The highest BCUT2D eigenvalue weighted by Crippen LogP contribution is 2.31. The van der Waals surface area contributed by atoms with Gasteiger partial charge >= 0.3 is 0 Å². The van der Waals surface area contributed by atoms with E-state index in [0.29, 0.717) is 40.9 Å². The normalized spacial score (nSPS) is 15.4. The predicted octanol–water partition coefficient (Wildman–Crippen LogP) is 3.22. The molecule has 1 aliphatic heterocycles. The Bertz CT molecular complexity index is 1240. The number of benzene rings is 2. The molecule has 3 atom stereocenters. The summed E-state index contributed by atoms with van der Waals surface area (Å²) < 4.78 is 5.27. The first-order valence-electron chi connectivity index (χ1n) is 11.7. The van der Waals surface area contributed by atoms with Crippen molar-refractivity contribution in [3.8, 4) is 17.0 Å². The van der Waals surface area contributed by atoms with Crippen LogP contribution in [0.15, 0.2) is 48.7 Å². The Morgan fingerprint density at radius 2 is 2.00 bits per heavy atom. The molecule has 2 heterocycles. The summed E-state index contributed by atoms with van der Waals surface area (Å²) in [6, 6.07) is 13.0. The smallest absolute Gasteiger partial charge is 0.254 e. The third-order valence-corrected chi connectivity index (χ3v) is 6.27. The molecule has 0 bridgehead atoms. The quantitative estimate of drug-likeness (QED) is 0.306. The molecule has 4 rings (SSSR count). The van der Waals surface area contributed by atoms with Crippen molar-refractivity contribution < 1.29 is 19.7 Å². The Balaban J connectivity index is 1.44. The van der Waals surface area contributed by atoms with E-state index in [9.17, 15) is 15.0 Å². The Labute approximate surface area is 215 Å². The van der Waals surface area contributed by atoms with Crippen LogP contribution in [-0.2, 0) is 6.54 Å². The number of aliphatic hydroxyl groups excluding tert-OH is 2. The van der Waals surface area contributed by atoms with Gasteiger partial charge in [-0.3, -0.25) is 10.1 Å². The monoisotopic (exact) mass is 511 g/mol. The molecule has 0 fully saturated rings. The lowest BCUT2D eigenvalue weighted by Crippen LogP contribution is -2.42. The van der Waals surface area contributed by atoms with Crippen LogP contribution in [0.25, 0.3) is 11.3 Å². The number of carbonyl (C=O) groups excluding carboxylic acids is 1. The number of β-amino-alcohol motifs (C(OH)–C–C–N with tert-alkyl or cyclic N) is 1. The van der Waals surface area contributed by atoms with Crippen LogP contribution < -0.4 is 15.4 Å². The fourth-order valence-corrected chi connectivity index (χ4v) is 4.31. The van der Waals surface area contributed by atoms with Gasteiger partial charge in [0.2, 0.25) is 5.95 Å². The molecule has 4 N–H and O–H groups in total. The number of ether oxygens (including phenoxy) is 1. The maximum absolute atomic E-state index is 13.1. The molecule has 190 valence electrons. The van der Waals surface area contributed by atoms with Crippen molar-refractivity contribution in [2.45, 2.75) is 38.8 Å². The summed E-state index contributed by atoms with van der Waals surface area (Å²) in [6.07, 6.45) is 0.0173. The van der Waals surface area contributed by atoms with Gasteiger partial charge in [-0.05, 0) is 43.2 Å². The van der Waals surface area contributed by atoms with Gasteiger partial charge in [0.1, 0.15) is 12.0 Å². The number of anilines is 1. The summed E-state index contributed by atoms with van der Waals surface area (Å²) in [5.74, 6) is 0.911. The zero-order valence-corrected chi connectivity index (χ0v) is 21.2. The van der Waals surface area contributed by atoms with Crippen molar-refractivity contribution in [1.82, 2.24) is 20.2 Å². The lowest BCUT2D eigenvalue weighted by molar-refractivity contribution is 0.0542. The highest BCUT2D eigenvalue weighted by molar-refractivity contribution is 6.33. The minimum absolute atomic E-state index is 0.138. The molecule has 9 nitrogen and oxygen atoms in total. The number of aromatic nitrogens is 2. The second kappa shape index (κ2) is 11.2. The van der Waals surface area contributed by atoms with Crippen LogP contribution in [0.2, 0.25) is 5.02 Å².